The molecule has 1 atom stereocenters. The van der Waals surface area contributed by atoms with E-state index in [0.717, 1.165) is 12.1 Å². The number of hydrogen-bond donors (Lipinski definition) is 2. The summed E-state index contributed by atoms with van der Waals surface area (Å²) < 4.78 is 66.7. The zero-order valence-electron chi connectivity index (χ0n) is 17.1. The van der Waals surface area contributed by atoms with Crippen LogP contribution in [-0.2, 0) is 24.8 Å². The maximum Gasteiger partial charge on any atom is 0.244 e. The molecule has 1 aliphatic heterocycles. The summed E-state index contributed by atoms with van der Waals surface area (Å²) in [5, 5.41) is 2.62. The van der Waals surface area contributed by atoms with Gasteiger partial charge in [-0.25, -0.2) is 21.2 Å². The Labute approximate surface area is 181 Å². The molecule has 3 rings (SSSR count). The molecule has 0 saturated carbocycles. The number of sulfonamides is 2. The van der Waals surface area contributed by atoms with Crippen LogP contribution in [0.15, 0.2) is 53.4 Å². The van der Waals surface area contributed by atoms with E-state index in [9.17, 15) is 26.0 Å². The Morgan fingerprint density at radius 1 is 1.10 bits per heavy atom. The number of amides is 1. The standard InChI is InChI=1S/C20H24FN3O5S2/c1-14(2)19(23-31(28,29)18-7-4-3-6-17(18)21)20(25)22-15-8-10-16(11-9-15)24-12-5-13-30(24,26)27/h3-4,6-11,14,19,23H,5,12-13H2,1-2H3,(H,22,25)/t19-/m0/s1. The number of carbonyl (C=O) groups excluding carboxylic acids is 1. The summed E-state index contributed by atoms with van der Waals surface area (Å²) in [4.78, 5) is 12.2. The van der Waals surface area contributed by atoms with E-state index in [4.69, 9.17) is 0 Å². The summed E-state index contributed by atoms with van der Waals surface area (Å²) in [5.74, 6) is -1.85. The zero-order valence-corrected chi connectivity index (χ0v) is 18.7. The Bertz CT molecular complexity index is 1170. The van der Waals surface area contributed by atoms with Crippen molar-refractivity contribution in [2.24, 2.45) is 5.92 Å². The third-order valence-electron chi connectivity index (χ3n) is 4.88. The number of nitrogens with one attached hydrogen (secondary N) is 2. The van der Waals surface area contributed by atoms with Crippen LogP contribution in [0.3, 0.4) is 0 Å². The van der Waals surface area contributed by atoms with E-state index < -0.39 is 48.6 Å². The monoisotopic (exact) mass is 469 g/mol. The SMILES string of the molecule is CC(C)[C@H](NS(=O)(=O)c1ccccc1F)C(=O)Nc1ccc(N2CCCS2(=O)=O)cc1. The lowest BCUT2D eigenvalue weighted by atomic mass is 10.0. The van der Waals surface area contributed by atoms with E-state index >= 15 is 0 Å². The number of hydrogen-bond acceptors (Lipinski definition) is 5. The summed E-state index contributed by atoms with van der Waals surface area (Å²) in [6, 6.07) is 10.0. The largest absolute Gasteiger partial charge is 0.325 e. The third-order valence-corrected chi connectivity index (χ3v) is 8.22. The smallest absolute Gasteiger partial charge is 0.244 e. The fourth-order valence-electron chi connectivity index (χ4n) is 3.25. The average Bonchev–Trinajstić information content (AvgIpc) is 3.05. The molecule has 8 nitrogen and oxygen atoms in total. The Morgan fingerprint density at radius 2 is 1.74 bits per heavy atom. The highest BCUT2D eigenvalue weighted by Crippen LogP contribution is 2.25. The first-order valence-electron chi connectivity index (χ1n) is 9.69. The topological polar surface area (TPSA) is 113 Å². The normalized spacial score (nSPS) is 17.0. The first kappa shape index (κ1) is 23.2. The second-order valence-electron chi connectivity index (χ2n) is 7.55. The van der Waals surface area contributed by atoms with Gasteiger partial charge in [-0.1, -0.05) is 26.0 Å². The fraction of sp³-hybridized carbons (Fsp3) is 0.350. The molecule has 11 heteroatoms. The van der Waals surface area contributed by atoms with Gasteiger partial charge in [-0.3, -0.25) is 9.10 Å². The van der Waals surface area contributed by atoms with E-state index in [0.29, 0.717) is 24.3 Å². The highest BCUT2D eigenvalue weighted by Gasteiger charge is 2.31. The van der Waals surface area contributed by atoms with Crippen molar-refractivity contribution in [3.63, 3.8) is 0 Å². The first-order valence-corrected chi connectivity index (χ1v) is 12.8. The van der Waals surface area contributed by atoms with Crippen LogP contribution in [-0.4, -0.2) is 41.1 Å². The van der Waals surface area contributed by atoms with Crippen LogP contribution >= 0.6 is 0 Å². The summed E-state index contributed by atoms with van der Waals surface area (Å²) in [7, 11) is -7.57. The molecule has 1 saturated heterocycles. The van der Waals surface area contributed by atoms with Gasteiger partial charge in [0.25, 0.3) is 0 Å². The number of anilines is 2. The molecule has 1 amide bonds. The van der Waals surface area contributed by atoms with Crippen molar-refractivity contribution >= 4 is 37.3 Å². The molecule has 1 aliphatic rings. The molecule has 2 aromatic carbocycles. The Morgan fingerprint density at radius 3 is 2.29 bits per heavy atom. The minimum absolute atomic E-state index is 0.101. The number of halogens is 1. The third kappa shape index (κ3) is 5.23. The van der Waals surface area contributed by atoms with Gasteiger partial charge < -0.3 is 5.32 Å². The summed E-state index contributed by atoms with van der Waals surface area (Å²) in [6.07, 6.45) is 0.555. The van der Waals surface area contributed by atoms with Crippen molar-refractivity contribution in [1.29, 1.82) is 0 Å². The molecule has 168 valence electrons. The lowest BCUT2D eigenvalue weighted by Gasteiger charge is -2.22. The molecule has 0 bridgehead atoms. The Hall–Kier alpha value is -2.50. The second-order valence-corrected chi connectivity index (χ2v) is 11.2. The van der Waals surface area contributed by atoms with E-state index in [1.807, 2.05) is 0 Å². The second kappa shape index (κ2) is 8.93. The van der Waals surface area contributed by atoms with E-state index in [1.165, 1.54) is 16.4 Å². The molecule has 1 heterocycles. The van der Waals surface area contributed by atoms with Gasteiger partial charge in [-0.05, 0) is 48.7 Å². The summed E-state index contributed by atoms with van der Waals surface area (Å²) in [5.41, 5.74) is 0.872. The fourth-order valence-corrected chi connectivity index (χ4v) is 6.23. The summed E-state index contributed by atoms with van der Waals surface area (Å²) in [6.45, 7) is 3.73. The van der Waals surface area contributed by atoms with Crippen LogP contribution in [0.25, 0.3) is 0 Å². The van der Waals surface area contributed by atoms with Gasteiger partial charge in [0.2, 0.25) is 26.0 Å². The molecule has 0 aromatic heterocycles. The van der Waals surface area contributed by atoms with Crippen LogP contribution in [0.4, 0.5) is 15.8 Å². The van der Waals surface area contributed by atoms with Crippen molar-refractivity contribution in [2.75, 3.05) is 21.9 Å². The van der Waals surface area contributed by atoms with E-state index in [-0.39, 0.29) is 5.75 Å². The Kier molecular flexibility index (Phi) is 6.68. The van der Waals surface area contributed by atoms with Crippen LogP contribution in [0.1, 0.15) is 20.3 Å². The average molecular weight is 470 g/mol. The quantitative estimate of drug-likeness (QED) is 0.646. The highest BCUT2D eigenvalue weighted by atomic mass is 32.2. The minimum atomic E-state index is -4.26. The molecule has 31 heavy (non-hydrogen) atoms. The number of benzene rings is 2. The molecular formula is C20H24FN3O5S2. The van der Waals surface area contributed by atoms with Gasteiger partial charge >= 0.3 is 0 Å². The van der Waals surface area contributed by atoms with Crippen LogP contribution in [0.2, 0.25) is 0 Å². The maximum atomic E-state index is 13.9. The number of rotatable bonds is 7. The van der Waals surface area contributed by atoms with Gasteiger partial charge in [-0.2, -0.15) is 4.72 Å². The van der Waals surface area contributed by atoms with Gasteiger partial charge in [-0.15, -0.1) is 0 Å². The Balaban J connectivity index is 1.75. The van der Waals surface area contributed by atoms with E-state index in [2.05, 4.69) is 10.0 Å². The van der Waals surface area contributed by atoms with Crippen molar-refractivity contribution in [3.05, 3.63) is 54.3 Å². The molecule has 0 unspecified atom stereocenters. The zero-order chi connectivity index (χ0) is 22.8. The molecule has 0 spiro atoms. The van der Waals surface area contributed by atoms with Crippen LogP contribution in [0, 0.1) is 11.7 Å². The van der Waals surface area contributed by atoms with Crippen molar-refractivity contribution < 1.29 is 26.0 Å². The maximum absolute atomic E-state index is 13.9. The summed E-state index contributed by atoms with van der Waals surface area (Å²) >= 11 is 0. The minimum Gasteiger partial charge on any atom is -0.325 e. The molecule has 0 radical (unpaired) electrons. The molecule has 0 aliphatic carbocycles. The van der Waals surface area contributed by atoms with Crippen LogP contribution in [0.5, 0.6) is 0 Å². The number of nitrogens with zero attached hydrogens (tertiary/aromatic N) is 1. The van der Waals surface area contributed by atoms with Crippen molar-refractivity contribution in [3.8, 4) is 0 Å². The van der Waals surface area contributed by atoms with E-state index in [1.54, 1.807) is 38.1 Å². The first-order chi connectivity index (χ1) is 14.5. The van der Waals surface area contributed by atoms with Crippen LogP contribution < -0.4 is 14.3 Å². The van der Waals surface area contributed by atoms with Crippen molar-refractivity contribution in [1.82, 2.24) is 4.72 Å². The predicted molar refractivity (Wildman–Crippen MR) is 116 cm³/mol. The van der Waals surface area contributed by atoms with Gasteiger partial charge in [0.05, 0.1) is 11.4 Å². The van der Waals surface area contributed by atoms with Gasteiger partial charge in [0, 0.05) is 12.2 Å². The van der Waals surface area contributed by atoms with Gasteiger partial charge in [0.15, 0.2) is 0 Å². The van der Waals surface area contributed by atoms with Gasteiger partial charge in [0.1, 0.15) is 16.8 Å². The number of carbonyl (C=O) groups is 1. The lowest BCUT2D eigenvalue weighted by Crippen LogP contribution is -2.47. The lowest BCUT2D eigenvalue weighted by molar-refractivity contribution is -0.118. The van der Waals surface area contributed by atoms with Crippen molar-refractivity contribution in [2.45, 2.75) is 31.2 Å². The predicted octanol–water partition coefficient (Wildman–Crippen LogP) is 2.31. The molecular weight excluding hydrogens is 445 g/mol. The molecule has 2 N–H and O–H groups in total. The highest BCUT2D eigenvalue weighted by molar-refractivity contribution is 7.93. The molecule has 2 aromatic rings. The molecule has 1 fully saturated rings.